The molecule has 0 amide bonds. The Morgan fingerprint density at radius 1 is 0.944 bits per heavy atom. The Hall–Kier alpha value is -0.390. The van der Waals surface area contributed by atoms with Crippen molar-refractivity contribution in [2.45, 2.75) is 12.6 Å². The van der Waals surface area contributed by atoms with Gasteiger partial charge < -0.3 is 0 Å². The highest BCUT2D eigenvalue weighted by Crippen LogP contribution is 2.25. The van der Waals surface area contributed by atoms with Crippen molar-refractivity contribution in [2.24, 2.45) is 5.92 Å². The summed E-state index contributed by atoms with van der Waals surface area (Å²) in [7, 11) is -7.80. The van der Waals surface area contributed by atoms with E-state index in [1.807, 2.05) is 0 Å². The van der Waals surface area contributed by atoms with Gasteiger partial charge in [-0.3, -0.25) is 8.37 Å². The standard InChI is InChI=1S/C7H13F3O6S2/c1-17(11,12)15-4-6(3-7(8,9)10)5-16-18(2,13)14/h6H,3-5H2,1-2H3. The summed E-state index contributed by atoms with van der Waals surface area (Å²) >= 11 is 0. The summed E-state index contributed by atoms with van der Waals surface area (Å²) in [4.78, 5) is 0. The largest absolute Gasteiger partial charge is 0.389 e. The molecule has 0 heterocycles. The van der Waals surface area contributed by atoms with Gasteiger partial charge in [-0.05, 0) is 0 Å². The molecule has 0 saturated heterocycles. The third-order valence-electron chi connectivity index (χ3n) is 1.56. The van der Waals surface area contributed by atoms with E-state index in [-0.39, 0.29) is 0 Å². The maximum absolute atomic E-state index is 12.1. The topological polar surface area (TPSA) is 86.7 Å². The van der Waals surface area contributed by atoms with Crippen LogP contribution in [-0.2, 0) is 28.6 Å². The average molecular weight is 314 g/mol. The first-order valence-electron chi connectivity index (χ1n) is 4.54. The fourth-order valence-electron chi connectivity index (χ4n) is 0.933. The molecule has 0 aromatic carbocycles. The summed E-state index contributed by atoms with van der Waals surface area (Å²) in [6, 6.07) is 0. The third kappa shape index (κ3) is 12.1. The van der Waals surface area contributed by atoms with Crippen LogP contribution in [0, 0.1) is 5.92 Å². The van der Waals surface area contributed by atoms with Gasteiger partial charge >= 0.3 is 6.18 Å². The minimum Gasteiger partial charge on any atom is -0.270 e. The summed E-state index contributed by atoms with van der Waals surface area (Å²) in [6.45, 7) is -1.60. The summed E-state index contributed by atoms with van der Waals surface area (Å²) in [5, 5.41) is 0. The second-order valence-corrected chi connectivity index (χ2v) is 6.95. The van der Waals surface area contributed by atoms with Gasteiger partial charge in [0.05, 0.1) is 32.1 Å². The molecule has 0 saturated carbocycles. The summed E-state index contributed by atoms with van der Waals surface area (Å²) in [5.74, 6) is -1.42. The lowest BCUT2D eigenvalue weighted by molar-refractivity contribution is -0.148. The van der Waals surface area contributed by atoms with E-state index in [0.29, 0.717) is 12.5 Å². The molecule has 0 bridgehead atoms. The van der Waals surface area contributed by atoms with E-state index in [9.17, 15) is 30.0 Å². The van der Waals surface area contributed by atoms with E-state index in [0.717, 1.165) is 0 Å². The second-order valence-electron chi connectivity index (χ2n) is 3.66. The molecule has 0 spiro atoms. The van der Waals surface area contributed by atoms with Crippen LogP contribution in [0.3, 0.4) is 0 Å². The van der Waals surface area contributed by atoms with Crippen molar-refractivity contribution < 1.29 is 38.4 Å². The van der Waals surface area contributed by atoms with Gasteiger partial charge in [-0.2, -0.15) is 30.0 Å². The van der Waals surface area contributed by atoms with Gasteiger partial charge in [-0.15, -0.1) is 0 Å². The van der Waals surface area contributed by atoms with Crippen LogP contribution in [0.2, 0.25) is 0 Å². The van der Waals surface area contributed by atoms with Crippen molar-refractivity contribution in [2.75, 3.05) is 25.7 Å². The summed E-state index contributed by atoms with van der Waals surface area (Å²) < 4.78 is 87.4. The Kier molecular flexibility index (Phi) is 6.04. The van der Waals surface area contributed by atoms with Crippen LogP contribution < -0.4 is 0 Å². The van der Waals surface area contributed by atoms with E-state index in [4.69, 9.17) is 0 Å². The van der Waals surface area contributed by atoms with Crippen LogP contribution >= 0.6 is 0 Å². The van der Waals surface area contributed by atoms with Crippen molar-refractivity contribution >= 4 is 20.2 Å². The average Bonchev–Trinajstić information content (AvgIpc) is 2.05. The van der Waals surface area contributed by atoms with Crippen LogP contribution in [0.15, 0.2) is 0 Å². The van der Waals surface area contributed by atoms with E-state index < -0.39 is 52.0 Å². The molecule has 18 heavy (non-hydrogen) atoms. The van der Waals surface area contributed by atoms with Crippen molar-refractivity contribution in [1.82, 2.24) is 0 Å². The molecule has 0 unspecified atom stereocenters. The minimum atomic E-state index is -4.58. The molecule has 0 aliphatic rings. The molecule has 0 aromatic rings. The molecule has 6 nitrogen and oxygen atoms in total. The molecular formula is C7H13F3O6S2. The van der Waals surface area contributed by atoms with Gasteiger partial charge in [-0.25, -0.2) is 0 Å². The fraction of sp³-hybridized carbons (Fsp3) is 1.00. The highest BCUT2D eigenvalue weighted by atomic mass is 32.2. The van der Waals surface area contributed by atoms with Gasteiger partial charge in [0, 0.05) is 5.92 Å². The molecule has 0 fully saturated rings. The number of hydrogen-bond acceptors (Lipinski definition) is 6. The van der Waals surface area contributed by atoms with E-state index in [2.05, 4.69) is 8.37 Å². The van der Waals surface area contributed by atoms with Gasteiger partial charge in [-0.1, -0.05) is 0 Å². The van der Waals surface area contributed by atoms with E-state index in [1.165, 1.54) is 0 Å². The van der Waals surface area contributed by atoms with Crippen LogP contribution in [0.5, 0.6) is 0 Å². The molecule has 0 radical (unpaired) electrons. The summed E-state index contributed by atoms with van der Waals surface area (Å²) in [6.07, 6.45) is -4.63. The van der Waals surface area contributed by atoms with Gasteiger partial charge in [0.25, 0.3) is 20.2 Å². The molecule has 0 N–H and O–H groups in total. The second kappa shape index (κ2) is 6.17. The normalized spacial score (nSPS) is 14.1. The molecule has 0 aromatic heterocycles. The van der Waals surface area contributed by atoms with Crippen molar-refractivity contribution in [1.29, 1.82) is 0 Å². The summed E-state index contributed by atoms with van der Waals surface area (Å²) in [5.41, 5.74) is 0. The predicted molar refractivity (Wildman–Crippen MR) is 55.8 cm³/mol. The first-order valence-corrected chi connectivity index (χ1v) is 8.17. The Labute approximate surface area is 103 Å². The Balaban J connectivity index is 4.53. The molecule has 0 aliphatic heterocycles. The maximum atomic E-state index is 12.1. The van der Waals surface area contributed by atoms with Crippen molar-refractivity contribution in [3.63, 3.8) is 0 Å². The zero-order chi connectivity index (χ0) is 14.6. The smallest absolute Gasteiger partial charge is 0.270 e. The lowest BCUT2D eigenvalue weighted by Crippen LogP contribution is -2.26. The molecule has 11 heteroatoms. The van der Waals surface area contributed by atoms with Gasteiger partial charge in [0.15, 0.2) is 0 Å². The number of hydrogen-bond donors (Lipinski definition) is 0. The first-order chi connectivity index (χ1) is 7.79. The van der Waals surface area contributed by atoms with Crippen molar-refractivity contribution in [3.05, 3.63) is 0 Å². The molecule has 0 rings (SSSR count). The fourth-order valence-corrected chi connectivity index (χ4v) is 1.81. The zero-order valence-corrected chi connectivity index (χ0v) is 11.2. The lowest BCUT2D eigenvalue weighted by Gasteiger charge is -2.17. The highest BCUT2D eigenvalue weighted by molar-refractivity contribution is 7.86. The van der Waals surface area contributed by atoms with Crippen LogP contribution in [-0.4, -0.2) is 48.7 Å². The van der Waals surface area contributed by atoms with Crippen LogP contribution in [0.1, 0.15) is 6.42 Å². The maximum Gasteiger partial charge on any atom is 0.389 e. The number of halogens is 3. The number of alkyl halides is 3. The third-order valence-corrected chi connectivity index (χ3v) is 2.68. The first kappa shape index (κ1) is 17.6. The quantitative estimate of drug-likeness (QED) is 0.636. The van der Waals surface area contributed by atoms with Crippen LogP contribution in [0.25, 0.3) is 0 Å². The van der Waals surface area contributed by atoms with E-state index >= 15 is 0 Å². The molecular weight excluding hydrogens is 301 g/mol. The SMILES string of the molecule is CS(=O)(=O)OCC(COS(C)(=O)=O)CC(F)(F)F. The Morgan fingerprint density at radius 3 is 1.50 bits per heavy atom. The molecule has 0 atom stereocenters. The predicted octanol–water partition coefficient (Wildman–Crippen LogP) is 0.507. The minimum absolute atomic E-state index is 0.676. The Morgan fingerprint density at radius 2 is 1.28 bits per heavy atom. The van der Waals surface area contributed by atoms with Crippen molar-refractivity contribution in [3.8, 4) is 0 Å². The lowest BCUT2D eigenvalue weighted by atomic mass is 10.1. The van der Waals surface area contributed by atoms with E-state index in [1.54, 1.807) is 0 Å². The molecule has 110 valence electrons. The van der Waals surface area contributed by atoms with Gasteiger partial charge in [0.1, 0.15) is 0 Å². The molecule has 0 aliphatic carbocycles. The number of rotatable bonds is 7. The monoisotopic (exact) mass is 314 g/mol. The van der Waals surface area contributed by atoms with Crippen LogP contribution in [0.4, 0.5) is 13.2 Å². The van der Waals surface area contributed by atoms with Gasteiger partial charge in [0.2, 0.25) is 0 Å². The zero-order valence-electron chi connectivity index (χ0n) is 9.60. The Bertz CT molecular complexity index is 416. The highest BCUT2D eigenvalue weighted by Gasteiger charge is 2.33.